The molecule has 0 aliphatic carbocycles. The van der Waals surface area contributed by atoms with Crippen LogP contribution in [0.5, 0.6) is 0 Å². The van der Waals surface area contributed by atoms with Crippen molar-refractivity contribution in [3.63, 3.8) is 0 Å². The number of carboxylic acids is 1. The molecule has 0 radical (unpaired) electrons. The van der Waals surface area contributed by atoms with Crippen molar-refractivity contribution in [2.75, 3.05) is 0 Å². The highest BCUT2D eigenvalue weighted by atomic mass is 16.6. The average molecular weight is 266 g/mol. The first-order chi connectivity index (χ1) is 8.90. The minimum absolute atomic E-state index is 0.0450. The first kappa shape index (κ1) is 14.1. The third-order valence-electron chi connectivity index (χ3n) is 1.83. The van der Waals surface area contributed by atoms with Crippen molar-refractivity contribution in [2.24, 2.45) is 0 Å². The summed E-state index contributed by atoms with van der Waals surface area (Å²) in [4.78, 5) is 32.2. The molecule has 9 heteroatoms. The standard InChI is InChI=1S/C8H6N4O3.C2H4O2/c13-8-9-7(10-11-8)5-2-1-3-6(4-5)12(14)15;1-2(3)4/h1-4H,(H2,9,10,11,13);1H3,(H,3,4). The Kier molecular flexibility index (Phi) is 4.52. The molecule has 0 bridgehead atoms. The molecule has 9 nitrogen and oxygen atoms in total. The maximum atomic E-state index is 10.8. The first-order valence-corrected chi connectivity index (χ1v) is 4.99. The van der Waals surface area contributed by atoms with Crippen LogP contribution in [0, 0.1) is 10.1 Å². The van der Waals surface area contributed by atoms with E-state index >= 15 is 0 Å². The number of non-ortho nitro benzene ring substituents is 1. The number of nitrogens with one attached hydrogen (secondary N) is 2. The van der Waals surface area contributed by atoms with Crippen LogP contribution < -0.4 is 5.69 Å². The fraction of sp³-hybridized carbons (Fsp3) is 0.100. The van der Waals surface area contributed by atoms with Crippen molar-refractivity contribution in [1.29, 1.82) is 0 Å². The van der Waals surface area contributed by atoms with Crippen LogP contribution >= 0.6 is 0 Å². The van der Waals surface area contributed by atoms with Crippen molar-refractivity contribution in [3.8, 4) is 11.4 Å². The molecule has 0 unspecified atom stereocenters. The smallest absolute Gasteiger partial charge is 0.340 e. The molecule has 2 aromatic rings. The molecule has 1 heterocycles. The number of hydrogen-bond donors (Lipinski definition) is 3. The van der Waals surface area contributed by atoms with E-state index in [2.05, 4.69) is 15.2 Å². The van der Waals surface area contributed by atoms with Gasteiger partial charge >= 0.3 is 5.69 Å². The van der Waals surface area contributed by atoms with Gasteiger partial charge < -0.3 is 5.11 Å². The Labute approximate surface area is 106 Å². The number of hydrogen-bond acceptors (Lipinski definition) is 5. The van der Waals surface area contributed by atoms with Gasteiger partial charge in [0.25, 0.3) is 11.7 Å². The van der Waals surface area contributed by atoms with E-state index in [9.17, 15) is 14.9 Å². The molecule has 0 spiro atoms. The van der Waals surface area contributed by atoms with Gasteiger partial charge in [0.15, 0.2) is 5.82 Å². The molecule has 1 aromatic heterocycles. The number of aliphatic carboxylic acids is 1. The third-order valence-corrected chi connectivity index (χ3v) is 1.83. The number of aromatic nitrogens is 3. The van der Waals surface area contributed by atoms with Gasteiger partial charge in [0, 0.05) is 24.6 Å². The fourth-order valence-corrected chi connectivity index (χ4v) is 1.17. The summed E-state index contributed by atoms with van der Waals surface area (Å²) < 4.78 is 0. The number of nitrogens with zero attached hydrogens (tertiary/aromatic N) is 2. The van der Waals surface area contributed by atoms with Crippen molar-refractivity contribution in [2.45, 2.75) is 6.92 Å². The summed E-state index contributed by atoms with van der Waals surface area (Å²) in [6.45, 7) is 1.08. The lowest BCUT2D eigenvalue weighted by molar-refractivity contribution is -0.384. The van der Waals surface area contributed by atoms with Gasteiger partial charge in [-0.2, -0.15) is 5.10 Å². The van der Waals surface area contributed by atoms with E-state index in [1.165, 1.54) is 18.2 Å². The number of nitro groups is 1. The van der Waals surface area contributed by atoms with Crippen molar-refractivity contribution >= 4 is 11.7 Å². The van der Waals surface area contributed by atoms with Gasteiger partial charge in [0.1, 0.15) is 0 Å². The van der Waals surface area contributed by atoms with Crippen LogP contribution in [0.3, 0.4) is 0 Å². The maximum absolute atomic E-state index is 10.8. The average Bonchev–Trinajstić information content (AvgIpc) is 2.75. The molecule has 1 aromatic carbocycles. The van der Waals surface area contributed by atoms with Crippen LogP contribution in [0.25, 0.3) is 11.4 Å². The van der Waals surface area contributed by atoms with Gasteiger partial charge in [-0.3, -0.25) is 19.9 Å². The molecule has 3 N–H and O–H groups in total. The minimum atomic E-state index is -0.833. The van der Waals surface area contributed by atoms with Crippen LogP contribution in [0.1, 0.15) is 6.92 Å². The van der Waals surface area contributed by atoms with Gasteiger partial charge in [-0.25, -0.2) is 9.89 Å². The molecule has 0 amide bonds. The van der Waals surface area contributed by atoms with Gasteiger partial charge in [0.05, 0.1) is 4.92 Å². The molecule has 2 rings (SSSR count). The number of H-pyrrole nitrogens is 2. The highest BCUT2D eigenvalue weighted by molar-refractivity contribution is 5.63. The number of nitro benzene ring substituents is 1. The van der Waals surface area contributed by atoms with E-state index < -0.39 is 16.6 Å². The Hall–Kier alpha value is -2.97. The van der Waals surface area contributed by atoms with E-state index in [0.29, 0.717) is 5.56 Å². The lowest BCUT2D eigenvalue weighted by atomic mass is 10.2. The van der Waals surface area contributed by atoms with Gasteiger partial charge in [-0.1, -0.05) is 12.1 Å². The third kappa shape index (κ3) is 4.42. The molecule has 0 saturated carbocycles. The second-order valence-electron chi connectivity index (χ2n) is 3.35. The number of benzene rings is 1. The molecular formula is C10H10N4O5. The summed E-state index contributed by atoms with van der Waals surface area (Å²) in [5.74, 6) is -0.552. The summed E-state index contributed by atoms with van der Waals surface area (Å²) >= 11 is 0. The number of aromatic amines is 2. The van der Waals surface area contributed by atoms with Crippen LogP contribution in [0.15, 0.2) is 29.1 Å². The Bertz CT molecular complexity index is 641. The Morgan fingerprint density at radius 2 is 2.11 bits per heavy atom. The normalized spacial score (nSPS) is 9.32. The van der Waals surface area contributed by atoms with Crippen molar-refractivity contribution in [3.05, 3.63) is 44.9 Å². The van der Waals surface area contributed by atoms with E-state index in [4.69, 9.17) is 9.90 Å². The molecule has 0 atom stereocenters. The molecule has 0 aliphatic rings. The van der Waals surface area contributed by atoms with E-state index in [1.54, 1.807) is 6.07 Å². The SMILES string of the molecule is CC(=O)O.O=c1[nH]nc(-c2cccc([N+](=O)[O-])c2)[nH]1. The molecular weight excluding hydrogens is 256 g/mol. The summed E-state index contributed by atoms with van der Waals surface area (Å²) in [6.07, 6.45) is 0. The van der Waals surface area contributed by atoms with Crippen molar-refractivity contribution in [1.82, 2.24) is 15.2 Å². The lowest BCUT2D eigenvalue weighted by Crippen LogP contribution is -2.00. The second kappa shape index (κ2) is 6.10. The summed E-state index contributed by atoms with van der Waals surface area (Å²) in [5.41, 5.74) is -0.00425. The zero-order chi connectivity index (χ0) is 14.4. The van der Waals surface area contributed by atoms with E-state index in [0.717, 1.165) is 6.92 Å². The molecule has 19 heavy (non-hydrogen) atoms. The molecule has 0 aliphatic heterocycles. The first-order valence-electron chi connectivity index (χ1n) is 4.99. The topological polar surface area (TPSA) is 142 Å². The molecule has 0 saturated heterocycles. The number of rotatable bonds is 2. The summed E-state index contributed by atoms with van der Waals surface area (Å²) in [5, 5.41) is 23.8. The van der Waals surface area contributed by atoms with E-state index in [1.807, 2.05) is 0 Å². The van der Waals surface area contributed by atoms with Gasteiger partial charge in [0.2, 0.25) is 0 Å². The molecule has 0 fully saturated rings. The minimum Gasteiger partial charge on any atom is -0.481 e. The van der Waals surface area contributed by atoms with Crippen LogP contribution in [0.4, 0.5) is 5.69 Å². The number of carboxylic acid groups (broad SMARTS) is 1. The van der Waals surface area contributed by atoms with E-state index in [-0.39, 0.29) is 11.5 Å². The predicted octanol–water partition coefficient (Wildman–Crippen LogP) is 0.764. The summed E-state index contributed by atoms with van der Waals surface area (Å²) in [7, 11) is 0. The zero-order valence-electron chi connectivity index (χ0n) is 9.78. The maximum Gasteiger partial charge on any atom is 0.340 e. The van der Waals surface area contributed by atoms with Gasteiger partial charge in [-0.05, 0) is 0 Å². The lowest BCUT2D eigenvalue weighted by Gasteiger charge is -1.95. The Balaban J connectivity index is 0.000000399. The number of carbonyl (C=O) groups is 1. The monoisotopic (exact) mass is 266 g/mol. The predicted molar refractivity (Wildman–Crippen MR) is 64.6 cm³/mol. The van der Waals surface area contributed by atoms with Gasteiger partial charge in [-0.15, -0.1) is 0 Å². The zero-order valence-corrected chi connectivity index (χ0v) is 9.78. The molecule has 100 valence electrons. The van der Waals surface area contributed by atoms with Crippen LogP contribution in [0.2, 0.25) is 0 Å². The highest BCUT2D eigenvalue weighted by Gasteiger charge is 2.08. The largest absolute Gasteiger partial charge is 0.481 e. The Morgan fingerprint density at radius 1 is 1.47 bits per heavy atom. The summed E-state index contributed by atoms with van der Waals surface area (Å²) in [6, 6.07) is 5.86. The second-order valence-corrected chi connectivity index (χ2v) is 3.35. The van der Waals surface area contributed by atoms with Crippen molar-refractivity contribution < 1.29 is 14.8 Å². The van der Waals surface area contributed by atoms with Crippen LogP contribution in [-0.2, 0) is 4.79 Å². The fourth-order valence-electron chi connectivity index (χ4n) is 1.17. The van der Waals surface area contributed by atoms with Crippen LogP contribution in [-0.4, -0.2) is 31.2 Å². The quantitative estimate of drug-likeness (QED) is 0.541. The Morgan fingerprint density at radius 3 is 2.58 bits per heavy atom. The highest BCUT2D eigenvalue weighted by Crippen LogP contribution is 2.19.